The summed E-state index contributed by atoms with van der Waals surface area (Å²) in [6.07, 6.45) is 2.17. The zero-order chi connectivity index (χ0) is 22.3. The number of aromatic amines is 1. The molecule has 3 aromatic rings. The first kappa shape index (κ1) is 21.9. The van der Waals surface area contributed by atoms with E-state index in [0.29, 0.717) is 6.42 Å². The number of amides is 2. The Morgan fingerprint density at radius 1 is 1.06 bits per heavy atom. The van der Waals surface area contributed by atoms with Crippen molar-refractivity contribution in [2.45, 2.75) is 18.5 Å². The van der Waals surface area contributed by atoms with Gasteiger partial charge in [-0.05, 0) is 53.1 Å². The minimum absolute atomic E-state index is 0.0861. The number of H-pyrrole nitrogens is 1. The lowest BCUT2D eigenvalue weighted by Crippen LogP contribution is -2.48. The van der Waals surface area contributed by atoms with Crippen molar-refractivity contribution in [3.05, 3.63) is 60.9 Å². The molecule has 4 rings (SSSR count). The van der Waals surface area contributed by atoms with Crippen LogP contribution in [0.4, 0.5) is 11.4 Å². The molecule has 0 saturated carbocycles. The molecule has 0 unspecified atom stereocenters. The second kappa shape index (κ2) is 10.3. The van der Waals surface area contributed by atoms with E-state index in [4.69, 9.17) is 0 Å². The maximum atomic E-state index is 12.4. The van der Waals surface area contributed by atoms with Gasteiger partial charge < -0.3 is 15.1 Å². The monoisotopic (exact) mass is 451 g/mol. The van der Waals surface area contributed by atoms with Gasteiger partial charge in [-0.1, -0.05) is 25.1 Å². The van der Waals surface area contributed by atoms with Crippen molar-refractivity contribution < 1.29 is 14.3 Å². The Bertz CT molecular complexity index is 1050. The molecule has 2 aromatic carbocycles. The highest BCUT2D eigenvalue weighted by atomic mass is 32.2. The molecule has 2 heterocycles. The van der Waals surface area contributed by atoms with Crippen LogP contribution in [0.15, 0.2) is 66.1 Å². The molecule has 166 valence electrons. The molecule has 0 bridgehead atoms. The summed E-state index contributed by atoms with van der Waals surface area (Å²) in [5.41, 5.74) is 2.82. The second-order valence-corrected chi connectivity index (χ2v) is 8.39. The Labute approximate surface area is 191 Å². The van der Waals surface area contributed by atoms with Crippen LogP contribution in [0.1, 0.15) is 13.3 Å². The van der Waals surface area contributed by atoms with Gasteiger partial charge in [0, 0.05) is 44.0 Å². The maximum absolute atomic E-state index is 12.4. The van der Waals surface area contributed by atoms with Crippen LogP contribution < -0.4 is 14.9 Å². The van der Waals surface area contributed by atoms with Crippen molar-refractivity contribution in [2.24, 2.45) is 0 Å². The third kappa shape index (κ3) is 5.28. The zero-order valence-corrected chi connectivity index (χ0v) is 18.8. The summed E-state index contributed by atoms with van der Waals surface area (Å²) in [5, 5.41) is 6.74. The summed E-state index contributed by atoms with van der Waals surface area (Å²) in [6, 6.07) is 17.7. The van der Waals surface area contributed by atoms with Crippen LogP contribution in [0.5, 0.6) is 0 Å². The SMILES string of the molecule is CCC(=O)N1CCN(c2ccc(NC(=O)CSc3nc[nH][n+]3-c3ccccc3)cc2)CC1. The van der Waals surface area contributed by atoms with E-state index in [1.165, 1.54) is 11.8 Å². The number of carbonyl (C=O) groups is 2. The van der Waals surface area contributed by atoms with Gasteiger partial charge in [0.1, 0.15) is 0 Å². The summed E-state index contributed by atoms with van der Waals surface area (Å²) in [7, 11) is 0. The number of nitrogens with one attached hydrogen (secondary N) is 2. The van der Waals surface area contributed by atoms with E-state index in [-0.39, 0.29) is 17.6 Å². The number of rotatable bonds is 7. The van der Waals surface area contributed by atoms with E-state index in [9.17, 15) is 9.59 Å². The van der Waals surface area contributed by atoms with Crippen molar-refractivity contribution >= 4 is 35.0 Å². The van der Waals surface area contributed by atoms with Gasteiger partial charge in [-0.15, -0.1) is 4.68 Å². The third-order valence-electron chi connectivity index (χ3n) is 5.35. The molecule has 32 heavy (non-hydrogen) atoms. The van der Waals surface area contributed by atoms with Gasteiger partial charge >= 0.3 is 5.16 Å². The highest BCUT2D eigenvalue weighted by molar-refractivity contribution is 7.99. The Hall–Kier alpha value is -3.33. The fourth-order valence-corrected chi connectivity index (χ4v) is 4.39. The van der Waals surface area contributed by atoms with Gasteiger partial charge in [-0.2, -0.15) is 5.10 Å². The number of hydrogen-bond acceptors (Lipinski definition) is 5. The number of aromatic nitrogens is 3. The van der Waals surface area contributed by atoms with Gasteiger partial charge in [0.05, 0.1) is 5.75 Å². The molecule has 1 aliphatic heterocycles. The fourth-order valence-electron chi connectivity index (χ4n) is 3.64. The van der Waals surface area contributed by atoms with Crippen LogP contribution in [0.25, 0.3) is 5.69 Å². The number of anilines is 2. The number of thioether (sulfide) groups is 1. The van der Waals surface area contributed by atoms with Gasteiger partial charge in [-0.25, -0.2) is 0 Å². The normalized spacial score (nSPS) is 13.8. The lowest BCUT2D eigenvalue weighted by atomic mass is 10.2. The minimum atomic E-state index is -0.0861. The largest absolute Gasteiger partial charge is 0.385 e. The minimum Gasteiger partial charge on any atom is -0.368 e. The van der Waals surface area contributed by atoms with Gasteiger partial charge in [0.25, 0.3) is 0 Å². The molecule has 0 atom stereocenters. The molecule has 1 aliphatic rings. The quantitative estimate of drug-likeness (QED) is 0.426. The molecule has 1 fully saturated rings. The fraction of sp³-hybridized carbons (Fsp3) is 0.304. The van der Waals surface area contributed by atoms with Crippen LogP contribution in [0.3, 0.4) is 0 Å². The van der Waals surface area contributed by atoms with Crippen molar-refractivity contribution in [1.82, 2.24) is 15.0 Å². The molecule has 2 N–H and O–H groups in total. The highest BCUT2D eigenvalue weighted by Gasteiger charge is 2.21. The standard InChI is InChI=1S/C23H26N6O2S/c1-2-22(31)28-14-12-27(13-15-28)19-10-8-18(9-11-19)26-21(30)16-32-23-24-17-25-29(23)20-6-4-3-5-7-20/h3-11,17H,2,12-16H2,1H3,(H,26,30)/p+1. The van der Waals surface area contributed by atoms with Crippen LogP contribution in [-0.2, 0) is 9.59 Å². The van der Waals surface area contributed by atoms with Crippen LogP contribution in [-0.4, -0.2) is 58.7 Å². The summed E-state index contributed by atoms with van der Waals surface area (Å²) in [6.45, 7) is 5.03. The number of para-hydroxylation sites is 1. The van der Waals surface area contributed by atoms with E-state index in [0.717, 1.165) is 48.4 Å². The topological polar surface area (TPSA) is 85.2 Å². The summed E-state index contributed by atoms with van der Waals surface area (Å²) < 4.78 is 1.85. The third-order valence-corrected chi connectivity index (χ3v) is 6.30. The predicted octanol–water partition coefficient (Wildman–Crippen LogP) is 2.48. The van der Waals surface area contributed by atoms with E-state index in [1.807, 2.05) is 71.1 Å². The Morgan fingerprint density at radius 2 is 1.78 bits per heavy atom. The average molecular weight is 452 g/mol. The Kier molecular flexibility index (Phi) is 7.06. The number of benzene rings is 2. The average Bonchev–Trinajstić information content (AvgIpc) is 3.32. The molecule has 0 spiro atoms. The van der Waals surface area contributed by atoms with Gasteiger partial charge in [-0.3, -0.25) is 9.59 Å². The van der Waals surface area contributed by atoms with Crippen LogP contribution in [0, 0.1) is 0 Å². The highest BCUT2D eigenvalue weighted by Crippen LogP contribution is 2.20. The molecule has 2 amide bonds. The van der Waals surface area contributed by atoms with Crippen molar-refractivity contribution in [3.63, 3.8) is 0 Å². The molecule has 0 aliphatic carbocycles. The van der Waals surface area contributed by atoms with Gasteiger partial charge in [0.2, 0.25) is 18.1 Å². The Morgan fingerprint density at radius 3 is 2.47 bits per heavy atom. The molecular formula is C23H27N6O2S+. The molecule has 8 nitrogen and oxygen atoms in total. The van der Waals surface area contributed by atoms with Crippen molar-refractivity contribution in [2.75, 3.05) is 42.1 Å². The van der Waals surface area contributed by atoms with E-state index >= 15 is 0 Å². The second-order valence-electron chi connectivity index (χ2n) is 7.45. The summed E-state index contributed by atoms with van der Waals surface area (Å²) >= 11 is 1.37. The van der Waals surface area contributed by atoms with Crippen molar-refractivity contribution in [1.29, 1.82) is 0 Å². The smallest absolute Gasteiger partial charge is 0.368 e. The van der Waals surface area contributed by atoms with Crippen LogP contribution in [0.2, 0.25) is 0 Å². The summed E-state index contributed by atoms with van der Waals surface area (Å²) in [5.74, 6) is 0.383. The lowest BCUT2D eigenvalue weighted by molar-refractivity contribution is -0.694. The Balaban J connectivity index is 1.28. The molecule has 1 saturated heterocycles. The van der Waals surface area contributed by atoms with E-state index < -0.39 is 0 Å². The molecule has 9 heteroatoms. The maximum Gasteiger partial charge on any atom is 0.385 e. The molecular weight excluding hydrogens is 424 g/mol. The predicted molar refractivity (Wildman–Crippen MR) is 125 cm³/mol. The summed E-state index contributed by atoms with van der Waals surface area (Å²) in [4.78, 5) is 32.8. The van der Waals surface area contributed by atoms with Crippen molar-refractivity contribution in [3.8, 4) is 5.69 Å². The first-order valence-electron chi connectivity index (χ1n) is 10.7. The zero-order valence-electron chi connectivity index (χ0n) is 18.0. The number of nitrogens with zero attached hydrogens (tertiary/aromatic N) is 4. The lowest BCUT2D eigenvalue weighted by Gasteiger charge is -2.36. The van der Waals surface area contributed by atoms with E-state index in [1.54, 1.807) is 6.33 Å². The first-order valence-corrected chi connectivity index (χ1v) is 11.7. The number of piperazine rings is 1. The molecule has 0 radical (unpaired) electrons. The number of carbonyl (C=O) groups excluding carboxylic acids is 2. The number of hydrogen-bond donors (Lipinski definition) is 2. The van der Waals surface area contributed by atoms with Gasteiger partial charge in [0.15, 0.2) is 5.69 Å². The molecule has 1 aromatic heterocycles. The van der Waals surface area contributed by atoms with E-state index in [2.05, 4.69) is 20.3 Å². The van der Waals surface area contributed by atoms with Crippen LogP contribution >= 0.6 is 11.8 Å². The first-order chi connectivity index (χ1) is 15.6.